The van der Waals surface area contributed by atoms with Gasteiger partial charge in [-0.25, -0.2) is 0 Å². The zero-order chi connectivity index (χ0) is 11.5. The Morgan fingerprint density at radius 2 is 1.93 bits per heavy atom. The molecule has 0 aliphatic carbocycles. The molecule has 0 spiro atoms. The van der Waals surface area contributed by atoms with Gasteiger partial charge >= 0.3 is 0 Å². The highest BCUT2D eigenvalue weighted by atomic mass is 32.2. The van der Waals surface area contributed by atoms with Crippen LogP contribution in [0.4, 0.5) is 0 Å². The van der Waals surface area contributed by atoms with E-state index in [9.17, 15) is 9.90 Å². The van der Waals surface area contributed by atoms with Gasteiger partial charge in [0.1, 0.15) is 5.60 Å². The van der Waals surface area contributed by atoms with Crippen LogP contribution in [0.15, 0.2) is 29.2 Å². The average molecular weight is 224 g/mol. The Morgan fingerprint density at radius 1 is 1.40 bits per heavy atom. The zero-order valence-corrected chi connectivity index (χ0v) is 10.1. The zero-order valence-electron chi connectivity index (χ0n) is 9.28. The van der Waals surface area contributed by atoms with E-state index in [1.807, 2.05) is 30.5 Å². The fourth-order valence-electron chi connectivity index (χ4n) is 1.27. The van der Waals surface area contributed by atoms with Crippen LogP contribution >= 0.6 is 11.8 Å². The quantitative estimate of drug-likeness (QED) is 0.797. The molecule has 0 heterocycles. The molecule has 0 bridgehead atoms. The van der Waals surface area contributed by atoms with Crippen molar-refractivity contribution in [2.45, 2.75) is 30.8 Å². The van der Waals surface area contributed by atoms with E-state index in [0.717, 1.165) is 5.56 Å². The second-order valence-corrected chi connectivity index (χ2v) is 4.73. The summed E-state index contributed by atoms with van der Waals surface area (Å²) in [7, 11) is 0. The summed E-state index contributed by atoms with van der Waals surface area (Å²) in [5, 5.41) is 9.82. The number of thioether (sulfide) groups is 1. The molecule has 0 fully saturated rings. The molecule has 0 saturated carbocycles. The van der Waals surface area contributed by atoms with E-state index in [4.69, 9.17) is 0 Å². The number of ketones is 1. The summed E-state index contributed by atoms with van der Waals surface area (Å²) in [4.78, 5) is 12.3. The second-order valence-electron chi connectivity index (χ2n) is 3.85. The van der Waals surface area contributed by atoms with Crippen LogP contribution in [-0.4, -0.2) is 22.7 Å². The third-order valence-electron chi connectivity index (χ3n) is 2.47. The van der Waals surface area contributed by atoms with Crippen molar-refractivity contribution < 1.29 is 9.90 Å². The number of aliphatic hydroxyl groups is 1. The maximum Gasteiger partial charge on any atom is 0.161 e. The summed E-state index contributed by atoms with van der Waals surface area (Å²) in [6.07, 6.45) is 2.39. The summed E-state index contributed by atoms with van der Waals surface area (Å²) >= 11 is 1.67. The number of benzene rings is 1. The van der Waals surface area contributed by atoms with Crippen molar-refractivity contribution >= 4 is 17.5 Å². The van der Waals surface area contributed by atoms with Gasteiger partial charge in [0.05, 0.1) is 0 Å². The molecular weight excluding hydrogens is 208 g/mol. The van der Waals surface area contributed by atoms with Gasteiger partial charge in [-0.15, -0.1) is 11.8 Å². The summed E-state index contributed by atoms with van der Waals surface area (Å²) in [6, 6.07) is 7.89. The van der Waals surface area contributed by atoms with Crippen LogP contribution in [0.3, 0.4) is 0 Å². The maximum atomic E-state index is 11.1. The Kier molecular flexibility index (Phi) is 3.94. The Hall–Kier alpha value is -0.800. The van der Waals surface area contributed by atoms with E-state index >= 15 is 0 Å². The average Bonchev–Trinajstić information content (AvgIpc) is 2.18. The SMILES string of the molecule is CSc1ccc(CC(C)(O)C(C)=O)cc1. The first-order valence-electron chi connectivity index (χ1n) is 4.82. The minimum absolute atomic E-state index is 0.198. The van der Waals surface area contributed by atoms with Crippen LogP contribution in [0.5, 0.6) is 0 Å². The van der Waals surface area contributed by atoms with E-state index in [0.29, 0.717) is 6.42 Å². The first-order valence-corrected chi connectivity index (χ1v) is 6.04. The lowest BCUT2D eigenvalue weighted by Gasteiger charge is -2.19. The summed E-state index contributed by atoms with van der Waals surface area (Å²) in [6.45, 7) is 2.97. The highest BCUT2D eigenvalue weighted by Crippen LogP contribution is 2.18. The van der Waals surface area contributed by atoms with Gasteiger partial charge in [-0.2, -0.15) is 0 Å². The number of carbonyl (C=O) groups is 1. The number of hydrogen-bond acceptors (Lipinski definition) is 3. The predicted molar refractivity (Wildman–Crippen MR) is 63.2 cm³/mol. The molecular formula is C12H16O2S. The highest BCUT2D eigenvalue weighted by molar-refractivity contribution is 7.98. The number of rotatable bonds is 4. The van der Waals surface area contributed by atoms with E-state index in [-0.39, 0.29) is 5.78 Å². The molecule has 0 amide bonds. The summed E-state index contributed by atoms with van der Waals surface area (Å²) in [5.41, 5.74) is -0.270. The molecule has 0 aliphatic heterocycles. The number of carbonyl (C=O) groups excluding carboxylic acids is 1. The molecule has 1 atom stereocenters. The lowest BCUT2D eigenvalue weighted by Crippen LogP contribution is -2.35. The molecule has 2 nitrogen and oxygen atoms in total. The summed E-state index contributed by atoms with van der Waals surface area (Å²) < 4.78 is 0. The van der Waals surface area contributed by atoms with Gasteiger partial charge < -0.3 is 5.11 Å². The van der Waals surface area contributed by atoms with Gasteiger partial charge in [0.15, 0.2) is 5.78 Å². The molecule has 15 heavy (non-hydrogen) atoms. The Balaban J connectivity index is 2.77. The smallest absolute Gasteiger partial charge is 0.161 e. The van der Waals surface area contributed by atoms with Crippen LogP contribution in [-0.2, 0) is 11.2 Å². The Bertz CT molecular complexity index is 341. The molecule has 1 unspecified atom stereocenters. The van der Waals surface area contributed by atoms with Crippen LogP contribution in [0.1, 0.15) is 19.4 Å². The molecule has 3 heteroatoms. The van der Waals surface area contributed by atoms with Gasteiger partial charge in [0, 0.05) is 11.3 Å². The normalized spacial score (nSPS) is 14.7. The third-order valence-corrected chi connectivity index (χ3v) is 3.21. The van der Waals surface area contributed by atoms with E-state index in [1.54, 1.807) is 18.7 Å². The number of hydrogen-bond donors (Lipinski definition) is 1. The van der Waals surface area contributed by atoms with Crippen molar-refractivity contribution in [2.75, 3.05) is 6.26 Å². The molecule has 1 N–H and O–H groups in total. The molecule has 0 aromatic heterocycles. The van der Waals surface area contributed by atoms with Gasteiger partial charge in [0.25, 0.3) is 0 Å². The van der Waals surface area contributed by atoms with Crippen molar-refractivity contribution in [3.63, 3.8) is 0 Å². The first-order chi connectivity index (χ1) is 6.95. The fraction of sp³-hybridized carbons (Fsp3) is 0.417. The molecule has 82 valence electrons. The van der Waals surface area contributed by atoms with E-state index in [2.05, 4.69) is 0 Å². The van der Waals surface area contributed by atoms with Gasteiger partial charge in [-0.05, 0) is 37.8 Å². The fourth-order valence-corrected chi connectivity index (χ4v) is 1.67. The van der Waals surface area contributed by atoms with Crippen LogP contribution in [0.2, 0.25) is 0 Å². The van der Waals surface area contributed by atoms with Crippen molar-refractivity contribution in [1.29, 1.82) is 0 Å². The van der Waals surface area contributed by atoms with Crippen molar-refractivity contribution in [3.05, 3.63) is 29.8 Å². The van der Waals surface area contributed by atoms with Gasteiger partial charge in [-0.1, -0.05) is 12.1 Å². The van der Waals surface area contributed by atoms with Gasteiger partial charge in [-0.3, -0.25) is 4.79 Å². The predicted octanol–water partition coefficient (Wildman–Crippen LogP) is 2.29. The maximum absolute atomic E-state index is 11.1. The molecule has 0 saturated heterocycles. The first kappa shape index (κ1) is 12.3. The van der Waals surface area contributed by atoms with Gasteiger partial charge in [0.2, 0.25) is 0 Å². The topological polar surface area (TPSA) is 37.3 Å². The Morgan fingerprint density at radius 3 is 2.33 bits per heavy atom. The second kappa shape index (κ2) is 4.81. The minimum atomic E-state index is -1.25. The molecule has 0 radical (unpaired) electrons. The van der Waals surface area contributed by atoms with E-state index < -0.39 is 5.60 Å². The highest BCUT2D eigenvalue weighted by Gasteiger charge is 2.26. The molecule has 1 aromatic carbocycles. The lowest BCUT2D eigenvalue weighted by atomic mass is 9.93. The molecule has 1 aromatic rings. The third kappa shape index (κ3) is 3.36. The van der Waals surface area contributed by atoms with E-state index in [1.165, 1.54) is 11.8 Å². The van der Waals surface area contributed by atoms with Crippen LogP contribution in [0.25, 0.3) is 0 Å². The van der Waals surface area contributed by atoms with Crippen molar-refractivity contribution in [2.24, 2.45) is 0 Å². The lowest BCUT2D eigenvalue weighted by molar-refractivity contribution is -0.133. The van der Waals surface area contributed by atoms with Crippen LogP contribution < -0.4 is 0 Å². The van der Waals surface area contributed by atoms with Crippen molar-refractivity contribution in [1.82, 2.24) is 0 Å². The molecule has 0 aliphatic rings. The van der Waals surface area contributed by atoms with Crippen LogP contribution in [0, 0.1) is 0 Å². The monoisotopic (exact) mass is 224 g/mol. The largest absolute Gasteiger partial charge is 0.382 e. The Labute approximate surface area is 94.7 Å². The summed E-state index contributed by atoms with van der Waals surface area (Å²) in [5.74, 6) is -0.198. The van der Waals surface area contributed by atoms with Crippen molar-refractivity contribution in [3.8, 4) is 0 Å². The molecule has 1 rings (SSSR count). The standard InChI is InChI=1S/C12H16O2S/c1-9(13)12(2,14)8-10-4-6-11(15-3)7-5-10/h4-7,14H,8H2,1-3H3. The minimum Gasteiger partial charge on any atom is -0.382 e. The number of Topliss-reactive ketones (excluding diaryl/α,β-unsaturated/α-hetero) is 1.